The Hall–Kier alpha value is -1.94. The molecule has 0 saturated heterocycles. The molecule has 0 aliphatic rings. The molecule has 17 heavy (non-hydrogen) atoms. The molecule has 0 fully saturated rings. The van der Waals surface area contributed by atoms with Crippen molar-refractivity contribution < 1.29 is 4.52 Å². The Bertz CT molecular complexity index is 553. The van der Waals surface area contributed by atoms with Crippen molar-refractivity contribution in [3.63, 3.8) is 0 Å². The van der Waals surface area contributed by atoms with Crippen molar-refractivity contribution in [3.8, 4) is 6.07 Å². The van der Waals surface area contributed by atoms with E-state index in [-0.39, 0.29) is 0 Å². The number of hydrogen-bond acceptors (Lipinski definition) is 7. The zero-order valence-corrected chi connectivity index (χ0v) is 10.3. The summed E-state index contributed by atoms with van der Waals surface area (Å²) in [5.74, 6) is 1.22. The molecular formula is C10H11N5OS. The summed E-state index contributed by atoms with van der Waals surface area (Å²) in [5, 5.41) is 16.7. The molecule has 0 atom stereocenters. The maximum atomic E-state index is 8.94. The average Bonchev–Trinajstić information content (AvgIpc) is 2.86. The van der Waals surface area contributed by atoms with Crippen molar-refractivity contribution in [1.29, 1.82) is 5.26 Å². The third kappa shape index (κ3) is 2.60. The lowest BCUT2D eigenvalue weighted by molar-refractivity contribution is 0.387. The molecule has 0 unspecified atom stereocenters. The van der Waals surface area contributed by atoms with Crippen molar-refractivity contribution >= 4 is 16.5 Å². The minimum atomic E-state index is 0.561. The summed E-state index contributed by atoms with van der Waals surface area (Å²) in [4.78, 5) is 4.09. The highest BCUT2D eigenvalue weighted by molar-refractivity contribution is 7.10. The molecule has 6 nitrogen and oxygen atoms in total. The van der Waals surface area contributed by atoms with E-state index in [1.165, 1.54) is 11.5 Å². The number of rotatable bonds is 4. The Morgan fingerprint density at radius 2 is 2.29 bits per heavy atom. The van der Waals surface area contributed by atoms with Crippen LogP contribution >= 0.6 is 11.5 Å². The molecule has 0 aromatic carbocycles. The Morgan fingerprint density at radius 1 is 1.47 bits per heavy atom. The van der Waals surface area contributed by atoms with Crippen LogP contribution in [-0.4, -0.2) is 21.1 Å². The molecule has 2 rings (SSSR count). The first-order chi connectivity index (χ1) is 8.20. The Kier molecular flexibility index (Phi) is 3.35. The molecule has 2 aromatic rings. The Balaban J connectivity index is 1.92. The van der Waals surface area contributed by atoms with E-state index in [0.29, 0.717) is 30.2 Å². The van der Waals surface area contributed by atoms with Gasteiger partial charge in [-0.2, -0.15) is 14.6 Å². The molecule has 88 valence electrons. The van der Waals surface area contributed by atoms with E-state index < -0.39 is 0 Å². The van der Waals surface area contributed by atoms with Gasteiger partial charge in [-0.15, -0.1) is 0 Å². The highest BCUT2D eigenvalue weighted by atomic mass is 32.1. The van der Waals surface area contributed by atoms with Crippen LogP contribution in [-0.2, 0) is 6.42 Å². The van der Waals surface area contributed by atoms with Gasteiger partial charge in [0.1, 0.15) is 16.6 Å². The maximum Gasteiger partial charge on any atom is 0.223 e. The first-order valence-corrected chi connectivity index (χ1v) is 5.87. The van der Waals surface area contributed by atoms with Crippen LogP contribution in [0.1, 0.15) is 23.0 Å². The molecule has 0 radical (unpaired) electrons. The number of anilines is 1. The summed E-state index contributed by atoms with van der Waals surface area (Å²) in [6.07, 6.45) is 0.652. The molecule has 0 amide bonds. The Morgan fingerprint density at radius 3 is 2.94 bits per heavy atom. The van der Waals surface area contributed by atoms with Crippen molar-refractivity contribution in [2.45, 2.75) is 20.3 Å². The maximum absolute atomic E-state index is 8.94. The van der Waals surface area contributed by atoms with Crippen LogP contribution in [0.15, 0.2) is 4.52 Å². The van der Waals surface area contributed by atoms with Crippen molar-refractivity contribution in [1.82, 2.24) is 14.5 Å². The lowest BCUT2D eigenvalue weighted by Crippen LogP contribution is -2.05. The minimum absolute atomic E-state index is 0.561. The monoisotopic (exact) mass is 249 g/mol. The Labute approximate surface area is 102 Å². The van der Waals surface area contributed by atoms with Gasteiger partial charge in [0.2, 0.25) is 5.89 Å². The summed E-state index contributed by atoms with van der Waals surface area (Å²) in [6, 6.07) is 2.13. The SMILES string of the molecule is Cc1nc(CCNc2snc(C)c2C#N)no1. The third-order valence-electron chi connectivity index (χ3n) is 2.18. The predicted molar refractivity (Wildman–Crippen MR) is 62.8 cm³/mol. The number of aryl methyl sites for hydroxylation is 2. The number of nitrogens with zero attached hydrogens (tertiary/aromatic N) is 4. The lowest BCUT2D eigenvalue weighted by atomic mass is 10.3. The molecule has 2 heterocycles. The highest BCUT2D eigenvalue weighted by Crippen LogP contribution is 2.22. The standard InChI is InChI=1S/C10H11N5OS/c1-6-8(5-11)10(17-15-6)12-4-3-9-13-7(2)16-14-9/h12H,3-4H2,1-2H3. The molecule has 1 N–H and O–H groups in total. The largest absolute Gasteiger partial charge is 0.374 e. The molecule has 0 saturated carbocycles. The van der Waals surface area contributed by atoms with Gasteiger partial charge in [-0.05, 0) is 18.5 Å². The van der Waals surface area contributed by atoms with Gasteiger partial charge >= 0.3 is 0 Å². The van der Waals surface area contributed by atoms with E-state index in [0.717, 1.165) is 10.7 Å². The molecular weight excluding hydrogens is 238 g/mol. The van der Waals surface area contributed by atoms with Crippen molar-refractivity contribution in [2.75, 3.05) is 11.9 Å². The van der Waals surface area contributed by atoms with Gasteiger partial charge in [-0.3, -0.25) is 0 Å². The van der Waals surface area contributed by atoms with E-state index in [9.17, 15) is 0 Å². The molecule has 7 heteroatoms. The van der Waals surface area contributed by atoms with Crippen LogP contribution in [0, 0.1) is 25.2 Å². The van der Waals surface area contributed by atoms with Crippen molar-refractivity contribution in [3.05, 3.63) is 23.0 Å². The van der Waals surface area contributed by atoms with Gasteiger partial charge in [0.25, 0.3) is 0 Å². The summed E-state index contributed by atoms with van der Waals surface area (Å²) in [6.45, 7) is 4.22. The number of nitriles is 1. The van der Waals surface area contributed by atoms with Gasteiger partial charge in [0, 0.05) is 19.9 Å². The summed E-state index contributed by atoms with van der Waals surface area (Å²) in [7, 11) is 0. The van der Waals surface area contributed by atoms with Gasteiger partial charge < -0.3 is 9.84 Å². The van der Waals surface area contributed by atoms with Crippen LogP contribution in [0.25, 0.3) is 0 Å². The van der Waals surface area contributed by atoms with E-state index in [4.69, 9.17) is 9.78 Å². The zero-order valence-electron chi connectivity index (χ0n) is 9.52. The van der Waals surface area contributed by atoms with E-state index in [1.54, 1.807) is 6.92 Å². The first-order valence-electron chi connectivity index (χ1n) is 5.10. The summed E-state index contributed by atoms with van der Waals surface area (Å²) in [5.41, 5.74) is 1.37. The smallest absolute Gasteiger partial charge is 0.223 e. The quantitative estimate of drug-likeness (QED) is 0.886. The minimum Gasteiger partial charge on any atom is -0.374 e. The fraction of sp³-hybridized carbons (Fsp3) is 0.400. The van der Waals surface area contributed by atoms with E-state index in [2.05, 4.69) is 25.9 Å². The number of aromatic nitrogens is 3. The number of nitrogens with one attached hydrogen (secondary N) is 1. The summed E-state index contributed by atoms with van der Waals surface area (Å²) < 4.78 is 8.99. The normalized spacial score (nSPS) is 10.2. The first kappa shape index (κ1) is 11.5. The predicted octanol–water partition coefficient (Wildman–Crippen LogP) is 1.67. The van der Waals surface area contributed by atoms with Crippen LogP contribution in [0.2, 0.25) is 0 Å². The van der Waals surface area contributed by atoms with E-state index in [1.807, 2.05) is 6.92 Å². The van der Waals surface area contributed by atoms with E-state index >= 15 is 0 Å². The third-order valence-corrected chi connectivity index (χ3v) is 3.07. The summed E-state index contributed by atoms with van der Waals surface area (Å²) >= 11 is 1.29. The highest BCUT2D eigenvalue weighted by Gasteiger charge is 2.09. The van der Waals surface area contributed by atoms with Gasteiger partial charge in [-0.25, -0.2) is 0 Å². The fourth-order valence-corrected chi connectivity index (χ4v) is 2.12. The lowest BCUT2D eigenvalue weighted by Gasteiger charge is -2.00. The van der Waals surface area contributed by atoms with Gasteiger partial charge in [0.05, 0.1) is 5.69 Å². The molecule has 0 bridgehead atoms. The molecule has 0 aliphatic heterocycles. The molecule has 0 spiro atoms. The fourth-order valence-electron chi connectivity index (χ4n) is 1.35. The number of hydrogen-bond donors (Lipinski definition) is 1. The van der Waals surface area contributed by atoms with Crippen LogP contribution in [0.4, 0.5) is 5.00 Å². The molecule has 2 aromatic heterocycles. The average molecular weight is 249 g/mol. The molecule has 0 aliphatic carbocycles. The second-order valence-corrected chi connectivity index (χ2v) is 4.26. The van der Waals surface area contributed by atoms with Crippen molar-refractivity contribution in [2.24, 2.45) is 0 Å². The van der Waals surface area contributed by atoms with Crippen LogP contribution in [0.5, 0.6) is 0 Å². The van der Waals surface area contributed by atoms with Crippen LogP contribution in [0.3, 0.4) is 0 Å². The van der Waals surface area contributed by atoms with Crippen LogP contribution < -0.4 is 5.32 Å². The van der Waals surface area contributed by atoms with Gasteiger partial charge in [-0.1, -0.05) is 5.16 Å². The second-order valence-electron chi connectivity index (χ2n) is 3.49. The topological polar surface area (TPSA) is 87.6 Å². The zero-order chi connectivity index (χ0) is 12.3. The van der Waals surface area contributed by atoms with Gasteiger partial charge in [0.15, 0.2) is 5.82 Å². The second kappa shape index (κ2) is 4.93.